The first-order chi connectivity index (χ1) is 7.93. The molecule has 1 aliphatic heterocycles. The molecule has 2 N–H and O–H groups in total. The maximum absolute atomic E-state index is 13.6. The van der Waals surface area contributed by atoms with Crippen molar-refractivity contribution in [1.29, 1.82) is 0 Å². The Morgan fingerprint density at radius 3 is 2.65 bits per heavy atom. The van der Waals surface area contributed by atoms with Crippen molar-refractivity contribution in [2.45, 2.75) is 12.5 Å². The van der Waals surface area contributed by atoms with Gasteiger partial charge in [0.1, 0.15) is 11.6 Å². The second-order valence-electron chi connectivity index (χ2n) is 4.66. The lowest BCUT2D eigenvalue weighted by atomic mass is 9.93. The lowest BCUT2D eigenvalue weighted by Crippen LogP contribution is -2.66. The third-order valence-electron chi connectivity index (χ3n) is 2.80. The Balaban J connectivity index is 2.15. The predicted octanol–water partition coefficient (Wildman–Crippen LogP) is 1.01. The molecule has 1 aromatic carbocycles. The van der Waals surface area contributed by atoms with Gasteiger partial charge in [-0.05, 0) is 19.1 Å². The van der Waals surface area contributed by atoms with Gasteiger partial charge in [-0.15, -0.1) is 0 Å². The van der Waals surface area contributed by atoms with E-state index in [0.29, 0.717) is 18.8 Å². The van der Waals surface area contributed by atoms with Gasteiger partial charge in [0, 0.05) is 24.7 Å². The Morgan fingerprint density at radius 1 is 1.53 bits per heavy atom. The number of rotatable bonds is 2. The molecule has 0 unspecified atom stereocenters. The minimum atomic E-state index is -0.569. The number of ether oxygens (including phenoxy) is 1. The molecule has 1 saturated heterocycles. The zero-order chi connectivity index (χ0) is 12.6. The zero-order valence-electron chi connectivity index (χ0n) is 9.87. The van der Waals surface area contributed by atoms with Crippen LogP contribution in [0.5, 0.6) is 5.75 Å². The van der Waals surface area contributed by atoms with Crippen molar-refractivity contribution in [2.24, 2.45) is 5.73 Å². The van der Waals surface area contributed by atoms with Gasteiger partial charge >= 0.3 is 0 Å². The largest absolute Gasteiger partial charge is 0.497 e. The molecule has 0 saturated carbocycles. The summed E-state index contributed by atoms with van der Waals surface area (Å²) >= 11 is 0. The molecule has 1 amide bonds. The molecule has 0 atom stereocenters. The monoisotopic (exact) mass is 238 g/mol. The molecule has 5 heteroatoms. The van der Waals surface area contributed by atoms with Crippen LogP contribution in [0.3, 0.4) is 0 Å². The van der Waals surface area contributed by atoms with Crippen molar-refractivity contribution in [3.8, 4) is 5.75 Å². The molecular weight excluding hydrogens is 223 g/mol. The minimum Gasteiger partial charge on any atom is -0.497 e. The molecule has 0 aromatic heterocycles. The Bertz CT molecular complexity index is 452. The number of carbonyl (C=O) groups excluding carboxylic acids is 1. The maximum Gasteiger partial charge on any atom is 0.256 e. The summed E-state index contributed by atoms with van der Waals surface area (Å²) in [6.07, 6.45) is 0. The van der Waals surface area contributed by atoms with Crippen LogP contribution >= 0.6 is 0 Å². The van der Waals surface area contributed by atoms with Crippen molar-refractivity contribution in [3.05, 3.63) is 29.6 Å². The van der Waals surface area contributed by atoms with Gasteiger partial charge in [0.25, 0.3) is 5.91 Å². The first-order valence-electron chi connectivity index (χ1n) is 5.35. The standard InChI is InChI=1S/C12H15FN2O2/c1-12(14)6-15(7-12)11(16)9-4-3-8(17-2)5-10(9)13/h3-5H,6-7,14H2,1-2H3. The summed E-state index contributed by atoms with van der Waals surface area (Å²) in [6, 6.07) is 4.20. The number of halogens is 1. The molecule has 1 aromatic rings. The minimum absolute atomic E-state index is 0.0568. The average Bonchev–Trinajstić information content (AvgIpc) is 2.24. The molecule has 0 aliphatic carbocycles. The molecule has 0 spiro atoms. The van der Waals surface area contributed by atoms with Crippen molar-refractivity contribution in [2.75, 3.05) is 20.2 Å². The third kappa shape index (κ3) is 2.24. The summed E-state index contributed by atoms with van der Waals surface area (Å²) in [7, 11) is 1.45. The normalized spacial score (nSPS) is 17.5. The summed E-state index contributed by atoms with van der Waals surface area (Å²) in [6.45, 7) is 2.77. The first-order valence-corrected chi connectivity index (χ1v) is 5.35. The summed E-state index contributed by atoms with van der Waals surface area (Å²) in [5.41, 5.74) is 5.51. The molecule has 4 nitrogen and oxygen atoms in total. The van der Waals surface area contributed by atoms with Gasteiger partial charge in [0.05, 0.1) is 12.7 Å². The van der Waals surface area contributed by atoms with Gasteiger partial charge in [0.15, 0.2) is 0 Å². The Kier molecular flexibility index (Phi) is 2.79. The molecule has 17 heavy (non-hydrogen) atoms. The van der Waals surface area contributed by atoms with Gasteiger partial charge in [-0.2, -0.15) is 0 Å². The van der Waals surface area contributed by atoms with Crippen LogP contribution in [0.4, 0.5) is 4.39 Å². The number of methoxy groups -OCH3 is 1. The van der Waals surface area contributed by atoms with Gasteiger partial charge in [-0.1, -0.05) is 0 Å². The van der Waals surface area contributed by atoms with E-state index in [1.165, 1.54) is 24.1 Å². The number of amides is 1. The molecule has 1 heterocycles. The van der Waals surface area contributed by atoms with Crippen molar-refractivity contribution < 1.29 is 13.9 Å². The lowest BCUT2D eigenvalue weighted by molar-refractivity contribution is 0.0449. The Hall–Kier alpha value is -1.62. The van der Waals surface area contributed by atoms with Crippen molar-refractivity contribution in [1.82, 2.24) is 4.90 Å². The zero-order valence-corrected chi connectivity index (χ0v) is 9.87. The van der Waals surface area contributed by atoms with E-state index < -0.39 is 5.82 Å². The number of benzene rings is 1. The van der Waals surface area contributed by atoms with Gasteiger partial charge in [-0.3, -0.25) is 4.79 Å². The van der Waals surface area contributed by atoms with E-state index >= 15 is 0 Å². The van der Waals surface area contributed by atoms with E-state index in [-0.39, 0.29) is 17.0 Å². The fourth-order valence-corrected chi connectivity index (χ4v) is 1.94. The van der Waals surface area contributed by atoms with Crippen LogP contribution in [0.1, 0.15) is 17.3 Å². The van der Waals surface area contributed by atoms with E-state index in [0.717, 1.165) is 0 Å². The molecule has 1 aliphatic rings. The summed E-state index contributed by atoms with van der Waals surface area (Å²) in [5.74, 6) is -0.501. The lowest BCUT2D eigenvalue weighted by Gasteiger charge is -2.45. The van der Waals surface area contributed by atoms with Gasteiger partial charge in [0.2, 0.25) is 0 Å². The highest BCUT2D eigenvalue weighted by Crippen LogP contribution is 2.23. The van der Waals surface area contributed by atoms with E-state index in [4.69, 9.17) is 10.5 Å². The second-order valence-corrected chi connectivity index (χ2v) is 4.66. The summed E-state index contributed by atoms with van der Waals surface area (Å²) in [4.78, 5) is 13.5. The molecule has 92 valence electrons. The SMILES string of the molecule is COc1ccc(C(=O)N2CC(C)(N)C2)c(F)c1. The number of nitrogens with zero attached hydrogens (tertiary/aromatic N) is 1. The van der Waals surface area contributed by atoms with Crippen LogP contribution < -0.4 is 10.5 Å². The predicted molar refractivity (Wildman–Crippen MR) is 61.4 cm³/mol. The number of carbonyl (C=O) groups is 1. The van der Waals surface area contributed by atoms with E-state index in [2.05, 4.69) is 0 Å². The Labute approximate surface area is 99.2 Å². The number of likely N-dealkylation sites (tertiary alicyclic amines) is 1. The molecule has 0 bridgehead atoms. The van der Waals surface area contributed by atoms with Gasteiger partial charge in [-0.25, -0.2) is 4.39 Å². The van der Waals surface area contributed by atoms with E-state index in [1.54, 1.807) is 6.07 Å². The van der Waals surface area contributed by atoms with Crippen LogP contribution in [0, 0.1) is 5.82 Å². The number of nitrogens with two attached hydrogens (primary N) is 1. The molecule has 2 rings (SSSR count). The van der Waals surface area contributed by atoms with Crippen LogP contribution in [0.15, 0.2) is 18.2 Å². The summed E-state index contributed by atoms with van der Waals surface area (Å²) in [5, 5.41) is 0. The highest BCUT2D eigenvalue weighted by molar-refractivity contribution is 5.95. The summed E-state index contributed by atoms with van der Waals surface area (Å²) < 4.78 is 18.5. The highest BCUT2D eigenvalue weighted by atomic mass is 19.1. The second kappa shape index (κ2) is 4.00. The smallest absolute Gasteiger partial charge is 0.256 e. The van der Waals surface area contributed by atoms with E-state index in [1.807, 2.05) is 6.92 Å². The number of hydrogen-bond acceptors (Lipinski definition) is 3. The number of hydrogen-bond donors (Lipinski definition) is 1. The topological polar surface area (TPSA) is 55.6 Å². The average molecular weight is 238 g/mol. The highest BCUT2D eigenvalue weighted by Gasteiger charge is 2.38. The first kappa shape index (κ1) is 11.9. The molecule has 0 radical (unpaired) electrons. The van der Waals surface area contributed by atoms with E-state index in [9.17, 15) is 9.18 Å². The van der Waals surface area contributed by atoms with Crippen LogP contribution in [-0.4, -0.2) is 36.5 Å². The van der Waals surface area contributed by atoms with Crippen molar-refractivity contribution >= 4 is 5.91 Å². The third-order valence-corrected chi connectivity index (χ3v) is 2.80. The van der Waals surface area contributed by atoms with Crippen LogP contribution in [0.2, 0.25) is 0 Å². The molecule has 1 fully saturated rings. The quantitative estimate of drug-likeness (QED) is 0.836. The fraction of sp³-hybridized carbons (Fsp3) is 0.417. The molecular formula is C12H15FN2O2. The van der Waals surface area contributed by atoms with Crippen LogP contribution in [-0.2, 0) is 0 Å². The van der Waals surface area contributed by atoms with Crippen molar-refractivity contribution in [3.63, 3.8) is 0 Å². The van der Waals surface area contributed by atoms with Gasteiger partial charge < -0.3 is 15.4 Å². The van der Waals surface area contributed by atoms with Crippen LogP contribution in [0.25, 0.3) is 0 Å². The Morgan fingerprint density at radius 2 is 2.18 bits per heavy atom. The fourth-order valence-electron chi connectivity index (χ4n) is 1.94. The maximum atomic E-state index is 13.6.